The van der Waals surface area contributed by atoms with Gasteiger partial charge in [-0.1, -0.05) is 12.1 Å². The summed E-state index contributed by atoms with van der Waals surface area (Å²) in [4.78, 5) is 74.2. The molecule has 3 rings (SSSR count). The molecule has 0 aromatic heterocycles. The molecule has 12 nitrogen and oxygen atoms in total. The minimum absolute atomic E-state index is 0.0849. The lowest BCUT2D eigenvalue weighted by molar-refractivity contribution is -0.278. The van der Waals surface area contributed by atoms with Crippen LogP contribution in [0.4, 0.5) is 0 Å². The van der Waals surface area contributed by atoms with Crippen LogP contribution in [0.1, 0.15) is 48.4 Å². The zero-order valence-electron chi connectivity index (χ0n) is 18.8. The van der Waals surface area contributed by atoms with Gasteiger partial charge in [0.25, 0.3) is 11.8 Å². The van der Waals surface area contributed by atoms with Gasteiger partial charge < -0.3 is 23.7 Å². The molecule has 2 heterocycles. The van der Waals surface area contributed by atoms with Crippen molar-refractivity contribution in [1.82, 2.24) is 4.90 Å². The smallest absolute Gasteiger partial charge is 0.305 e. The number of hydrogen-bond acceptors (Lipinski definition) is 11. The van der Waals surface area contributed by atoms with Crippen molar-refractivity contribution < 1.29 is 52.5 Å². The average molecular weight is 477 g/mol. The molecule has 0 spiro atoms. The molecule has 5 atom stereocenters. The largest absolute Gasteiger partial charge is 0.463 e. The van der Waals surface area contributed by atoms with Gasteiger partial charge in [-0.3, -0.25) is 33.7 Å². The minimum atomic E-state index is -1.63. The molecule has 0 saturated carbocycles. The number of ether oxygens (including phenoxy) is 5. The molecule has 0 aliphatic carbocycles. The molecule has 2 amide bonds. The molecular weight excluding hydrogens is 454 g/mol. The van der Waals surface area contributed by atoms with E-state index in [0.29, 0.717) is 0 Å². The quantitative estimate of drug-likeness (QED) is 0.317. The summed E-state index contributed by atoms with van der Waals surface area (Å²) in [7, 11) is 0. The van der Waals surface area contributed by atoms with Gasteiger partial charge in [-0.05, 0) is 12.1 Å². The van der Waals surface area contributed by atoms with E-state index in [4.69, 9.17) is 23.7 Å². The Labute approximate surface area is 194 Å². The first-order chi connectivity index (χ1) is 16.0. The maximum absolute atomic E-state index is 13.2. The first-order valence-electron chi connectivity index (χ1n) is 10.3. The number of hydrogen-bond donors (Lipinski definition) is 0. The Bertz CT molecular complexity index is 1000. The van der Waals surface area contributed by atoms with Gasteiger partial charge in [-0.15, -0.1) is 0 Å². The summed E-state index contributed by atoms with van der Waals surface area (Å²) in [6.45, 7) is 3.91. The predicted molar refractivity (Wildman–Crippen MR) is 109 cm³/mol. The number of carbonyl (C=O) groups excluding carboxylic acids is 6. The first kappa shape index (κ1) is 24.8. The van der Waals surface area contributed by atoms with E-state index in [-0.39, 0.29) is 11.1 Å². The molecular formula is C22H23NO11. The molecule has 1 fully saturated rings. The summed E-state index contributed by atoms with van der Waals surface area (Å²) >= 11 is 0. The SMILES string of the molecule is CC(=O)OCC1O[C@@H](OC(C)=O)[C@@H](N2C(=O)c3ccccc3C2=O)[C@@H](OC(C)=O)[C@@H]1OC(C)=O. The lowest BCUT2D eigenvalue weighted by Crippen LogP contribution is -2.67. The number of nitrogens with zero attached hydrogens (tertiary/aromatic N) is 1. The van der Waals surface area contributed by atoms with Gasteiger partial charge in [-0.25, -0.2) is 0 Å². The van der Waals surface area contributed by atoms with E-state index < -0.39 is 72.9 Å². The van der Waals surface area contributed by atoms with Gasteiger partial charge in [-0.2, -0.15) is 0 Å². The number of fused-ring (bicyclic) bond motifs is 1. The molecule has 0 N–H and O–H groups in total. The third kappa shape index (κ3) is 5.06. The number of imide groups is 1. The summed E-state index contributed by atoms with van der Waals surface area (Å²) in [5.74, 6) is -4.64. The van der Waals surface area contributed by atoms with Crippen molar-refractivity contribution in [2.45, 2.75) is 58.3 Å². The zero-order chi connectivity index (χ0) is 25.2. The summed E-state index contributed by atoms with van der Waals surface area (Å²) in [6.07, 6.45) is -5.81. The number of esters is 4. The van der Waals surface area contributed by atoms with E-state index in [1.807, 2.05) is 0 Å². The highest BCUT2D eigenvalue weighted by atomic mass is 16.7. The third-order valence-electron chi connectivity index (χ3n) is 5.08. The normalized spacial score (nSPS) is 25.9. The molecule has 12 heteroatoms. The molecule has 1 aromatic carbocycles. The summed E-state index contributed by atoms with van der Waals surface area (Å²) < 4.78 is 26.7. The van der Waals surface area contributed by atoms with E-state index in [2.05, 4.69) is 0 Å². The fraction of sp³-hybridized carbons (Fsp3) is 0.455. The van der Waals surface area contributed by atoms with Gasteiger partial charge >= 0.3 is 23.9 Å². The van der Waals surface area contributed by atoms with E-state index in [0.717, 1.165) is 32.6 Å². The highest BCUT2D eigenvalue weighted by Crippen LogP contribution is 2.35. The summed E-state index contributed by atoms with van der Waals surface area (Å²) in [5, 5.41) is 0. The van der Waals surface area contributed by atoms with Crippen molar-refractivity contribution in [2.75, 3.05) is 6.61 Å². The number of carbonyl (C=O) groups is 6. The molecule has 34 heavy (non-hydrogen) atoms. The Hall–Kier alpha value is -3.80. The second-order valence-electron chi connectivity index (χ2n) is 7.62. The Morgan fingerprint density at radius 3 is 1.76 bits per heavy atom. The minimum Gasteiger partial charge on any atom is -0.463 e. The molecule has 2 aliphatic heterocycles. The summed E-state index contributed by atoms with van der Waals surface area (Å²) in [6, 6.07) is 4.49. The van der Waals surface area contributed by atoms with Crippen LogP contribution in [0.2, 0.25) is 0 Å². The summed E-state index contributed by atoms with van der Waals surface area (Å²) in [5.41, 5.74) is 0.170. The fourth-order valence-electron chi connectivity index (χ4n) is 3.90. The van der Waals surface area contributed by atoms with Crippen LogP contribution in [0.5, 0.6) is 0 Å². The van der Waals surface area contributed by atoms with Crippen LogP contribution in [0, 0.1) is 0 Å². The van der Waals surface area contributed by atoms with Gasteiger partial charge in [0.15, 0.2) is 12.2 Å². The van der Waals surface area contributed by atoms with Crippen LogP contribution in [0.3, 0.4) is 0 Å². The van der Waals surface area contributed by atoms with Crippen molar-refractivity contribution >= 4 is 35.7 Å². The molecule has 2 aliphatic rings. The van der Waals surface area contributed by atoms with Crippen LogP contribution in [0.15, 0.2) is 24.3 Å². The Morgan fingerprint density at radius 2 is 1.29 bits per heavy atom. The fourth-order valence-corrected chi connectivity index (χ4v) is 3.90. The predicted octanol–water partition coefficient (Wildman–Crippen LogP) is 0.366. The van der Waals surface area contributed by atoms with Crippen LogP contribution in [-0.2, 0) is 42.9 Å². The number of amides is 2. The standard InChI is InChI=1S/C22H23NO11/c1-10(24)30-9-16-18(31-11(2)25)19(32-12(3)26)17(22(34-16)33-13(4)27)23-20(28)14-7-5-6-8-15(14)21(23)29/h5-8,16-19,22H,9H2,1-4H3/t16?,17-,18+,19+,22+/m0/s1. The second kappa shape index (κ2) is 10.00. The topological polar surface area (TPSA) is 152 Å². The van der Waals surface area contributed by atoms with Crippen LogP contribution in [0.25, 0.3) is 0 Å². The van der Waals surface area contributed by atoms with E-state index in [9.17, 15) is 28.8 Å². The monoisotopic (exact) mass is 477 g/mol. The van der Waals surface area contributed by atoms with Gasteiger partial charge in [0.05, 0.1) is 11.1 Å². The maximum atomic E-state index is 13.2. The highest BCUT2D eigenvalue weighted by Gasteiger charge is 2.58. The van der Waals surface area contributed by atoms with Crippen LogP contribution in [-0.4, -0.2) is 77.8 Å². The van der Waals surface area contributed by atoms with Gasteiger partial charge in [0.1, 0.15) is 18.8 Å². The highest BCUT2D eigenvalue weighted by molar-refractivity contribution is 6.21. The Kier molecular flexibility index (Phi) is 7.30. The Balaban J connectivity index is 2.11. The van der Waals surface area contributed by atoms with Gasteiger partial charge in [0, 0.05) is 27.7 Å². The van der Waals surface area contributed by atoms with Crippen LogP contribution < -0.4 is 0 Å². The first-order valence-corrected chi connectivity index (χ1v) is 10.3. The van der Waals surface area contributed by atoms with Crippen molar-refractivity contribution in [3.05, 3.63) is 35.4 Å². The lowest BCUT2D eigenvalue weighted by Gasteiger charge is -2.46. The zero-order valence-corrected chi connectivity index (χ0v) is 18.8. The number of benzene rings is 1. The maximum Gasteiger partial charge on any atom is 0.305 e. The van der Waals surface area contributed by atoms with Crippen molar-refractivity contribution in [2.24, 2.45) is 0 Å². The lowest BCUT2D eigenvalue weighted by atomic mass is 9.94. The third-order valence-corrected chi connectivity index (χ3v) is 5.08. The molecule has 182 valence electrons. The van der Waals surface area contributed by atoms with Crippen molar-refractivity contribution in [3.63, 3.8) is 0 Å². The molecule has 1 aromatic rings. The molecule has 1 unspecified atom stereocenters. The molecule has 0 bridgehead atoms. The molecule has 1 saturated heterocycles. The van der Waals surface area contributed by atoms with Crippen LogP contribution >= 0.6 is 0 Å². The van der Waals surface area contributed by atoms with E-state index in [1.54, 1.807) is 12.1 Å². The number of rotatable bonds is 6. The Morgan fingerprint density at radius 1 is 0.794 bits per heavy atom. The van der Waals surface area contributed by atoms with Crippen molar-refractivity contribution in [1.29, 1.82) is 0 Å². The second-order valence-corrected chi connectivity index (χ2v) is 7.62. The van der Waals surface area contributed by atoms with E-state index >= 15 is 0 Å². The molecule has 0 radical (unpaired) electrons. The van der Waals surface area contributed by atoms with Crippen molar-refractivity contribution in [3.8, 4) is 0 Å². The average Bonchev–Trinajstić information content (AvgIpc) is 2.98. The van der Waals surface area contributed by atoms with E-state index in [1.165, 1.54) is 12.1 Å². The van der Waals surface area contributed by atoms with Gasteiger partial charge in [0.2, 0.25) is 6.29 Å².